The summed E-state index contributed by atoms with van der Waals surface area (Å²) in [6, 6.07) is 14.8. The molecular weight excluding hydrogens is 479 g/mol. The first kappa shape index (κ1) is 23.2. The van der Waals surface area contributed by atoms with Crippen LogP contribution in [0.25, 0.3) is 0 Å². The smallest absolute Gasteiger partial charge is 0.261 e. The topological polar surface area (TPSA) is 58.6 Å². The number of carbonyl (C=O) groups excluding carboxylic acids is 2. The molecule has 0 saturated heterocycles. The molecule has 0 heterocycles. The van der Waals surface area contributed by atoms with Crippen molar-refractivity contribution in [2.45, 2.75) is 52.7 Å². The summed E-state index contributed by atoms with van der Waals surface area (Å²) in [6.07, 6.45) is 0. The van der Waals surface area contributed by atoms with Crippen LogP contribution in [0.1, 0.15) is 38.8 Å². The second-order valence-electron chi connectivity index (χ2n) is 8.17. The minimum atomic E-state index is -0.623. The molecule has 0 aliphatic carbocycles. The third kappa shape index (κ3) is 7.68. The molecule has 0 aliphatic heterocycles. The molecule has 0 bridgehead atoms. The van der Waals surface area contributed by atoms with Crippen molar-refractivity contribution in [3.63, 3.8) is 0 Å². The molecule has 2 aromatic carbocycles. The van der Waals surface area contributed by atoms with E-state index in [0.29, 0.717) is 12.3 Å². The van der Waals surface area contributed by atoms with Gasteiger partial charge in [-0.05, 0) is 87.0 Å². The summed E-state index contributed by atoms with van der Waals surface area (Å²) in [6.45, 7) is 9.73. The molecule has 0 fully saturated rings. The van der Waals surface area contributed by atoms with E-state index in [1.54, 1.807) is 11.8 Å². The maximum atomic E-state index is 13.0. The number of hydrogen-bond donors (Lipinski definition) is 1. The molecule has 0 spiro atoms. The van der Waals surface area contributed by atoms with Crippen molar-refractivity contribution in [1.82, 2.24) is 10.2 Å². The summed E-state index contributed by atoms with van der Waals surface area (Å²) >= 11 is 2.22. The maximum Gasteiger partial charge on any atom is 0.261 e. The van der Waals surface area contributed by atoms with Crippen LogP contribution >= 0.6 is 22.6 Å². The van der Waals surface area contributed by atoms with Crippen LogP contribution < -0.4 is 10.1 Å². The van der Waals surface area contributed by atoms with Crippen molar-refractivity contribution in [3.05, 3.63) is 63.2 Å². The minimum absolute atomic E-state index is 0.125. The highest BCUT2D eigenvalue weighted by atomic mass is 127. The SMILES string of the molecule is Cc1cccc(CN(C(=O)COc2ccc(I)cc2)[C@H](C)C(=O)NC(C)(C)C)c1. The van der Waals surface area contributed by atoms with E-state index in [-0.39, 0.29) is 24.0 Å². The van der Waals surface area contributed by atoms with Gasteiger partial charge in [0, 0.05) is 15.7 Å². The van der Waals surface area contributed by atoms with E-state index < -0.39 is 6.04 Å². The van der Waals surface area contributed by atoms with Crippen LogP contribution in [-0.4, -0.2) is 34.9 Å². The first-order chi connectivity index (χ1) is 13.5. The Morgan fingerprint density at radius 2 is 1.79 bits per heavy atom. The van der Waals surface area contributed by atoms with Gasteiger partial charge >= 0.3 is 0 Å². The highest BCUT2D eigenvalue weighted by Crippen LogP contribution is 2.16. The van der Waals surface area contributed by atoms with E-state index in [0.717, 1.165) is 14.7 Å². The summed E-state index contributed by atoms with van der Waals surface area (Å²) in [7, 11) is 0. The minimum Gasteiger partial charge on any atom is -0.484 e. The van der Waals surface area contributed by atoms with Gasteiger partial charge in [-0.25, -0.2) is 0 Å². The zero-order valence-corrected chi connectivity index (χ0v) is 19.8. The van der Waals surface area contributed by atoms with Crippen LogP contribution in [0.5, 0.6) is 5.75 Å². The second kappa shape index (κ2) is 10.1. The van der Waals surface area contributed by atoms with Gasteiger partial charge in [-0.3, -0.25) is 9.59 Å². The van der Waals surface area contributed by atoms with E-state index in [4.69, 9.17) is 4.74 Å². The zero-order valence-electron chi connectivity index (χ0n) is 17.7. The van der Waals surface area contributed by atoms with E-state index in [9.17, 15) is 9.59 Å². The van der Waals surface area contributed by atoms with Gasteiger partial charge in [-0.15, -0.1) is 0 Å². The van der Waals surface area contributed by atoms with Crippen molar-refractivity contribution in [2.75, 3.05) is 6.61 Å². The quantitative estimate of drug-likeness (QED) is 0.568. The van der Waals surface area contributed by atoms with E-state index in [1.165, 1.54) is 0 Å². The van der Waals surface area contributed by atoms with Crippen molar-refractivity contribution in [1.29, 1.82) is 0 Å². The Bertz CT molecular complexity index is 844. The lowest BCUT2D eigenvalue weighted by atomic mass is 10.1. The Balaban J connectivity index is 2.16. The summed E-state index contributed by atoms with van der Waals surface area (Å²) in [5, 5.41) is 2.96. The van der Waals surface area contributed by atoms with E-state index >= 15 is 0 Å². The summed E-state index contributed by atoms with van der Waals surface area (Å²) in [5.41, 5.74) is 1.71. The van der Waals surface area contributed by atoms with Crippen LogP contribution in [0.2, 0.25) is 0 Å². The maximum absolute atomic E-state index is 13.0. The molecule has 0 saturated carbocycles. The molecule has 2 rings (SSSR count). The van der Waals surface area contributed by atoms with Crippen molar-refractivity contribution in [3.8, 4) is 5.75 Å². The lowest BCUT2D eigenvalue weighted by molar-refractivity contribution is -0.142. The van der Waals surface area contributed by atoms with E-state index in [1.807, 2.05) is 76.2 Å². The van der Waals surface area contributed by atoms with Crippen molar-refractivity contribution < 1.29 is 14.3 Å². The van der Waals surface area contributed by atoms with Crippen molar-refractivity contribution >= 4 is 34.4 Å². The fourth-order valence-electron chi connectivity index (χ4n) is 2.82. The number of aryl methyl sites for hydroxylation is 1. The molecule has 0 aliphatic rings. The lowest BCUT2D eigenvalue weighted by Crippen LogP contribution is -2.53. The summed E-state index contributed by atoms with van der Waals surface area (Å²) in [4.78, 5) is 27.3. The second-order valence-corrected chi connectivity index (χ2v) is 9.41. The van der Waals surface area contributed by atoms with Gasteiger partial charge in [0.05, 0.1) is 0 Å². The van der Waals surface area contributed by atoms with Crippen LogP contribution in [0.3, 0.4) is 0 Å². The predicted octanol–water partition coefficient (Wildman–Crippen LogP) is 4.31. The van der Waals surface area contributed by atoms with E-state index in [2.05, 4.69) is 27.9 Å². The van der Waals surface area contributed by atoms with Gasteiger partial charge in [0.2, 0.25) is 5.91 Å². The normalized spacial score (nSPS) is 12.2. The largest absolute Gasteiger partial charge is 0.484 e. The molecule has 1 N–H and O–H groups in total. The summed E-state index contributed by atoms with van der Waals surface area (Å²) in [5.74, 6) is 0.204. The predicted molar refractivity (Wildman–Crippen MR) is 124 cm³/mol. The molecular formula is C23H29IN2O3. The standard InChI is InChI=1S/C23H29IN2O3/c1-16-7-6-8-18(13-16)14-26(17(2)22(28)25-23(3,4)5)21(27)15-29-20-11-9-19(24)10-12-20/h6-13,17H,14-15H2,1-5H3,(H,25,28)/t17-/m1/s1. The zero-order chi connectivity index (χ0) is 21.6. The van der Waals surface area contributed by atoms with Crippen LogP contribution in [0.15, 0.2) is 48.5 Å². The van der Waals surface area contributed by atoms with Gasteiger partial charge < -0.3 is 15.0 Å². The van der Waals surface area contributed by atoms with Gasteiger partial charge in [0.25, 0.3) is 5.91 Å². The van der Waals surface area contributed by atoms with Crippen molar-refractivity contribution in [2.24, 2.45) is 0 Å². The highest BCUT2D eigenvalue weighted by Gasteiger charge is 2.28. The number of nitrogens with zero attached hydrogens (tertiary/aromatic N) is 1. The fourth-order valence-corrected chi connectivity index (χ4v) is 3.18. The fraction of sp³-hybridized carbons (Fsp3) is 0.391. The first-order valence-electron chi connectivity index (χ1n) is 9.60. The number of ether oxygens (including phenoxy) is 1. The van der Waals surface area contributed by atoms with Crippen LogP contribution in [0, 0.1) is 10.5 Å². The number of hydrogen-bond acceptors (Lipinski definition) is 3. The molecule has 1 atom stereocenters. The number of carbonyl (C=O) groups is 2. The average Bonchev–Trinajstić information content (AvgIpc) is 2.63. The molecule has 2 aromatic rings. The van der Waals surface area contributed by atoms with Crippen LogP contribution in [0.4, 0.5) is 0 Å². The number of amides is 2. The van der Waals surface area contributed by atoms with Gasteiger partial charge in [-0.1, -0.05) is 29.8 Å². The van der Waals surface area contributed by atoms with Crippen LogP contribution in [-0.2, 0) is 16.1 Å². The molecule has 5 nitrogen and oxygen atoms in total. The highest BCUT2D eigenvalue weighted by molar-refractivity contribution is 14.1. The third-order valence-corrected chi connectivity index (χ3v) is 5.00. The lowest BCUT2D eigenvalue weighted by Gasteiger charge is -2.31. The Labute approximate surface area is 187 Å². The first-order valence-corrected chi connectivity index (χ1v) is 10.7. The Kier molecular flexibility index (Phi) is 8.07. The molecule has 2 amide bonds. The molecule has 0 radical (unpaired) electrons. The summed E-state index contributed by atoms with van der Waals surface area (Å²) < 4.78 is 6.76. The van der Waals surface area contributed by atoms with Gasteiger partial charge in [0.15, 0.2) is 6.61 Å². The number of benzene rings is 2. The molecule has 29 heavy (non-hydrogen) atoms. The van der Waals surface area contributed by atoms with Gasteiger partial charge in [0.1, 0.15) is 11.8 Å². The molecule has 0 aromatic heterocycles. The average molecular weight is 508 g/mol. The molecule has 0 unspecified atom stereocenters. The Morgan fingerprint density at radius 3 is 2.38 bits per heavy atom. The molecule has 156 valence electrons. The van der Waals surface area contributed by atoms with Gasteiger partial charge in [-0.2, -0.15) is 0 Å². The number of nitrogens with one attached hydrogen (secondary N) is 1. The Hall–Kier alpha value is -2.09. The third-order valence-electron chi connectivity index (χ3n) is 4.28. The number of rotatable bonds is 7. The monoisotopic (exact) mass is 508 g/mol. The number of halogens is 1. The Morgan fingerprint density at radius 1 is 1.14 bits per heavy atom. The molecule has 6 heteroatoms.